The predicted molar refractivity (Wildman–Crippen MR) is 67.8 cm³/mol. The maximum Gasteiger partial charge on any atom is 0.233 e. The van der Waals surface area contributed by atoms with Crippen LogP contribution in [0.3, 0.4) is 0 Å². The van der Waals surface area contributed by atoms with Crippen LogP contribution in [0.1, 0.15) is 32.6 Å². The Labute approximate surface area is 108 Å². The van der Waals surface area contributed by atoms with Crippen LogP contribution >= 0.6 is 10.7 Å². The fraction of sp³-hybridized carbons (Fsp3) is 1.00. The molecule has 6 heteroatoms. The van der Waals surface area contributed by atoms with Crippen molar-refractivity contribution in [2.24, 2.45) is 5.41 Å². The normalized spacial score (nSPS) is 21.6. The molecule has 0 aliphatic heterocycles. The van der Waals surface area contributed by atoms with Crippen molar-refractivity contribution in [1.29, 1.82) is 0 Å². The van der Waals surface area contributed by atoms with Crippen molar-refractivity contribution in [3.05, 3.63) is 0 Å². The second-order valence-corrected chi connectivity index (χ2v) is 7.74. The topological polar surface area (TPSA) is 52.6 Å². The van der Waals surface area contributed by atoms with E-state index in [4.69, 9.17) is 20.2 Å². The van der Waals surface area contributed by atoms with Crippen molar-refractivity contribution in [2.75, 3.05) is 26.1 Å². The molecule has 1 saturated carbocycles. The molecule has 1 fully saturated rings. The lowest BCUT2D eigenvalue weighted by Gasteiger charge is -2.28. The SMILES string of the molecule is COCC(C)OCC1(CS(=O)(=O)Cl)CCCC1. The Kier molecular flexibility index (Phi) is 5.70. The van der Waals surface area contributed by atoms with Gasteiger partial charge < -0.3 is 9.47 Å². The fourth-order valence-corrected chi connectivity index (χ4v) is 4.22. The number of hydrogen-bond acceptors (Lipinski definition) is 4. The highest BCUT2D eigenvalue weighted by molar-refractivity contribution is 8.13. The van der Waals surface area contributed by atoms with E-state index in [-0.39, 0.29) is 17.3 Å². The van der Waals surface area contributed by atoms with Gasteiger partial charge in [-0.05, 0) is 19.8 Å². The highest BCUT2D eigenvalue weighted by atomic mass is 35.7. The van der Waals surface area contributed by atoms with Crippen LogP contribution in [0.4, 0.5) is 0 Å². The van der Waals surface area contributed by atoms with Crippen LogP contribution in [-0.2, 0) is 18.5 Å². The molecule has 1 rings (SSSR count). The third kappa shape index (κ3) is 5.55. The molecule has 1 atom stereocenters. The van der Waals surface area contributed by atoms with E-state index in [2.05, 4.69) is 0 Å². The van der Waals surface area contributed by atoms with Gasteiger partial charge in [-0.3, -0.25) is 0 Å². The largest absolute Gasteiger partial charge is 0.382 e. The summed E-state index contributed by atoms with van der Waals surface area (Å²) in [4.78, 5) is 0. The summed E-state index contributed by atoms with van der Waals surface area (Å²) < 4.78 is 33.1. The molecule has 0 aromatic heterocycles. The van der Waals surface area contributed by atoms with Gasteiger partial charge in [0.15, 0.2) is 0 Å². The van der Waals surface area contributed by atoms with Gasteiger partial charge in [0.2, 0.25) is 9.05 Å². The Morgan fingerprint density at radius 2 is 1.94 bits per heavy atom. The van der Waals surface area contributed by atoms with E-state index in [1.807, 2.05) is 6.92 Å². The Morgan fingerprint density at radius 3 is 2.41 bits per heavy atom. The van der Waals surface area contributed by atoms with Crippen molar-refractivity contribution >= 4 is 19.7 Å². The molecule has 0 aromatic rings. The maximum absolute atomic E-state index is 11.2. The average molecular weight is 285 g/mol. The molecule has 4 nitrogen and oxygen atoms in total. The van der Waals surface area contributed by atoms with Gasteiger partial charge in [0.05, 0.1) is 25.1 Å². The molecule has 1 aliphatic carbocycles. The molecule has 0 aromatic carbocycles. The molecular weight excluding hydrogens is 264 g/mol. The summed E-state index contributed by atoms with van der Waals surface area (Å²) in [7, 11) is 3.53. The van der Waals surface area contributed by atoms with Gasteiger partial charge in [-0.2, -0.15) is 0 Å². The van der Waals surface area contributed by atoms with E-state index in [1.54, 1.807) is 7.11 Å². The molecule has 1 unspecified atom stereocenters. The number of ether oxygens (including phenoxy) is 2. The van der Waals surface area contributed by atoms with Crippen molar-refractivity contribution in [3.63, 3.8) is 0 Å². The summed E-state index contributed by atoms with van der Waals surface area (Å²) >= 11 is 0. The molecule has 0 spiro atoms. The quantitative estimate of drug-likeness (QED) is 0.672. The van der Waals surface area contributed by atoms with Crippen LogP contribution in [0, 0.1) is 5.41 Å². The van der Waals surface area contributed by atoms with Crippen LogP contribution in [0.25, 0.3) is 0 Å². The van der Waals surface area contributed by atoms with Crippen molar-refractivity contribution in [2.45, 2.75) is 38.7 Å². The van der Waals surface area contributed by atoms with E-state index < -0.39 is 9.05 Å². The van der Waals surface area contributed by atoms with Crippen molar-refractivity contribution in [1.82, 2.24) is 0 Å². The van der Waals surface area contributed by atoms with E-state index >= 15 is 0 Å². The zero-order chi connectivity index (χ0) is 12.9. The van der Waals surface area contributed by atoms with Gasteiger partial charge in [-0.15, -0.1) is 0 Å². The van der Waals surface area contributed by atoms with Gasteiger partial charge >= 0.3 is 0 Å². The first-order chi connectivity index (χ1) is 7.87. The summed E-state index contributed by atoms with van der Waals surface area (Å²) in [5.74, 6) is 0.0151. The van der Waals surface area contributed by atoms with Crippen LogP contribution < -0.4 is 0 Å². The third-order valence-corrected chi connectivity index (χ3v) is 4.50. The molecular formula is C11H21ClO4S. The first-order valence-electron chi connectivity index (χ1n) is 5.90. The lowest BCUT2D eigenvalue weighted by atomic mass is 9.90. The Bertz CT molecular complexity index is 322. The Morgan fingerprint density at radius 1 is 1.35 bits per heavy atom. The van der Waals surface area contributed by atoms with E-state index in [0.717, 1.165) is 25.7 Å². The first-order valence-corrected chi connectivity index (χ1v) is 8.38. The minimum absolute atomic E-state index is 0.0151. The summed E-state index contributed by atoms with van der Waals surface area (Å²) in [6, 6.07) is 0. The summed E-state index contributed by atoms with van der Waals surface area (Å²) in [5, 5.41) is 0. The van der Waals surface area contributed by atoms with Crippen molar-refractivity contribution in [3.8, 4) is 0 Å². The molecule has 102 valence electrons. The van der Waals surface area contributed by atoms with Crippen LogP contribution in [0.2, 0.25) is 0 Å². The van der Waals surface area contributed by atoms with Crippen LogP contribution in [0.5, 0.6) is 0 Å². The lowest BCUT2D eigenvalue weighted by Crippen LogP contribution is -2.33. The molecule has 0 amide bonds. The van der Waals surface area contributed by atoms with E-state index in [0.29, 0.717) is 13.2 Å². The van der Waals surface area contributed by atoms with E-state index in [1.165, 1.54) is 0 Å². The molecule has 0 bridgehead atoms. The second-order valence-electron chi connectivity index (χ2n) is 4.97. The lowest BCUT2D eigenvalue weighted by molar-refractivity contribution is -0.0268. The summed E-state index contributed by atoms with van der Waals surface area (Å²) in [6.45, 7) is 2.88. The standard InChI is InChI=1S/C11H21ClO4S/c1-10(7-15-2)16-8-11(5-3-4-6-11)9-17(12,13)14/h10H,3-9H2,1-2H3. The molecule has 0 heterocycles. The highest BCUT2D eigenvalue weighted by Crippen LogP contribution is 2.40. The number of hydrogen-bond donors (Lipinski definition) is 0. The third-order valence-electron chi connectivity index (χ3n) is 3.22. The average Bonchev–Trinajstić information content (AvgIpc) is 2.62. The Balaban J connectivity index is 2.54. The maximum atomic E-state index is 11.2. The number of halogens is 1. The smallest absolute Gasteiger partial charge is 0.233 e. The minimum atomic E-state index is -3.47. The summed E-state index contributed by atoms with van der Waals surface area (Å²) in [5.41, 5.74) is -0.289. The zero-order valence-corrected chi connectivity index (χ0v) is 12.0. The summed E-state index contributed by atoms with van der Waals surface area (Å²) in [6.07, 6.45) is 3.83. The molecule has 0 saturated heterocycles. The second kappa shape index (κ2) is 6.36. The van der Waals surface area contributed by atoms with E-state index in [9.17, 15) is 8.42 Å². The monoisotopic (exact) mass is 284 g/mol. The zero-order valence-electron chi connectivity index (χ0n) is 10.4. The highest BCUT2D eigenvalue weighted by Gasteiger charge is 2.38. The van der Waals surface area contributed by atoms with Gasteiger partial charge in [0.1, 0.15) is 0 Å². The Hall–Kier alpha value is 0.160. The minimum Gasteiger partial charge on any atom is -0.382 e. The van der Waals surface area contributed by atoms with Crippen LogP contribution in [-0.4, -0.2) is 40.6 Å². The van der Waals surface area contributed by atoms with Gasteiger partial charge in [-0.25, -0.2) is 8.42 Å². The predicted octanol–water partition coefficient (Wildman–Crippen LogP) is 2.17. The molecule has 0 N–H and O–H groups in total. The van der Waals surface area contributed by atoms with Gasteiger partial charge in [0.25, 0.3) is 0 Å². The molecule has 0 radical (unpaired) electrons. The first kappa shape index (κ1) is 15.2. The van der Waals surface area contributed by atoms with Crippen LogP contribution in [0.15, 0.2) is 0 Å². The fourth-order valence-electron chi connectivity index (χ4n) is 2.42. The van der Waals surface area contributed by atoms with Gasteiger partial charge in [0, 0.05) is 23.2 Å². The molecule has 1 aliphatic rings. The number of methoxy groups -OCH3 is 1. The number of rotatable bonds is 7. The molecule has 17 heavy (non-hydrogen) atoms. The van der Waals surface area contributed by atoms with Crippen molar-refractivity contribution < 1.29 is 17.9 Å². The van der Waals surface area contributed by atoms with Gasteiger partial charge in [-0.1, -0.05) is 12.8 Å².